The van der Waals surface area contributed by atoms with E-state index in [0.29, 0.717) is 11.4 Å². The lowest BCUT2D eigenvalue weighted by Crippen LogP contribution is -2.31. The molecule has 11 heteroatoms. The lowest BCUT2D eigenvalue weighted by atomic mass is 10.1. The van der Waals surface area contributed by atoms with E-state index >= 15 is 0 Å². The van der Waals surface area contributed by atoms with Crippen LogP contribution in [0.5, 0.6) is 0 Å². The molecule has 1 saturated heterocycles. The highest BCUT2D eigenvalue weighted by molar-refractivity contribution is 8.00. The molecule has 1 aliphatic heterocycles. The second-order valence-electron chi connectivity index (χ2n) is 7.80. The smallest absolute Gasteiger partial charge is 0.338 e. The van der Waals surface area contributed by atoms with Crippen molar-refractivity contribution >= 4 is 52.4 Å². The van der Waals surface area contributed by atoms with Gasteiger partial charge in [0, 0.05) is 34.7 Å². The van der Waals surface area contributed by atoms with Crippen LogP contribution in [0.25, 0.3) is 0 Å². The number of non-ortho nitro benzene ring substituents is 1. The molecule has 0 saturated carbocycles. The second-order valence-corrected chi connectivity index (χ2v) is 9.08. The van der Waals surface area contributed by atoms with Gasteiger partial charge < -0.3 is 10.5 Å². The Kier molecular flexibility index (Phi) is 7.11. The number of esters is 1. The molecule has 1 unspecified atom stereocenters. The number of hydrogen-bond donors (Lipinski definition) is 1. The maximum Gasteiger partial charge on any atom is 0.338 e. The first-order valence-electron chi connectivity index (χ1n) is 10.7. The molecule has 3 aromatic rings. The number of amides is 2. The van der Waals surface area contributed by atoms with Crippen LogP contribution in [0.4, 0.5) is 17.1 Å². The van der Waals surface area contributed by atoms with Gasteiger partial charge in [-0.05, 0) is 42.5 Å². The molecule has 0 aromatic heterocycles. The van der Waals surface area contributed by atoms with Crippen molar-refractivity contribution in [3.63, 3.8) is 0 Å². The third kappa shape index (κ3) is 5.41. The maximum atomic E-state index is 12.9. The zero-order valence-corrected chi connectivity index (χ0v) is 19.5. The first-order valence-corrected chi connectivity index (χ1v) is 11.5. The zero-order valence-electron chi connectivity index (χ0n) is 18.7. The maximum absolute atomic E-state index is 12.9. The van der Waals surface area contributed by atoms with Gasteiger partial charge in [-0.2, -0.15) is 0 Å². The fourth-order valence-electron chi connectivity index (χ4n) is 3.56. The lowest BCUT2D eigenvalue weighted by Gasteiger charge is -2.15. The van der Waals surface area contributed by atoms with Gasteiger partial charge in [-0.25, -0.2) is 9.69 Å². The Hall–Kier alpha value is -4.51. The molecule has 4 rings (SSSR count). The number of nitro benzene ring substituents is 1. The van der Waals surface area contributed by atoms with E-state index in [9.17, 15) is 29.3 Å². The van der Waals surface area contributed by atoms with Gasteiger partial charge in [0.2, 0.25) is 17.6 Å². The van der Waals surface area contributed by atoms with Crippen LogP contribution in [0.2, 0.25) is 0 Å². The zero-order chi connectivity index (χ0) is 25.8. The predicted molar refractivity (Wildman–Crippen MR) is 132 cm³/mol. The number of rotatable bonds is 8. The molecule has 36 heavy (non-hydrogen) atoms. The van der Waals surface area contributed by atoms with Gasteiger partial charge in [-0.1, -0.05) is 18.2 Å². The van der Waals surface area contributed by atoms with Crippen LogP contribution in [0.3, 0.4) is 0 Å². The van der Waals surface area contributed by atoms with E-state index in [1.54, 1.807) is 18.2 Å². The van der Waals surface area contributed by atoms with Crippen LogP contribution >= 0.6 is 11.8 Å². The molecule has 3 aromatic carbocycles. The van der Waals surface area contributed by atoms with Crippen LogP contribution in [0.1, 0.15) is 27.1 Å². The number of anilines is 2. The summed E-state index contributed by atoms with van der Waals surface area (Å²) < 4.78 is 5.03. The molecule has 0 spiro atoms. The number of ketones is 1. The topological polar surface area (TPSA) is 150 Å². The van der Waals surface area contributed by atoms with Crippen molar-refractivity contribution in [3.8, 4) is 0 Å². The normalized spacial score (nSPS) is 15.1. The minimum Gasteiger partial charge on any atom is -0.454 e. The molecular formula is C25H19N3O7S. The van der Waals surface area contributed by atoms with E-state index in [0.717, 1.165) is 15.9 Å². The van der Waals surface area contributed by atoms with Crippen molar-refractivity contribution in [2.45, 2.75) is 16.6 Å². The summed E-state index contributed by atoms with van der Waals surface area (Å²) in [6.07, 6.45) is 0.0296. The van der Waals surface area contributed by atoms with E-state index in [1.807, 2.05) is 6.07 Å². The van der Waals surface area contributed by atoms with E-state index in [4.69, 9.17) is 10.5 Å². The van der Waals surface area contributed by atoms with Crippen molar-refractivity contribution in [2.75, 3.05) is 17.2 Å². The first-order chi connectivity index (χ1) is 17.2. The number of carbonyl (C=O) groups excluding carboxylic acids is 4. The lowest BCUT2D eigenvalue weighted by molar-refractivity contribution is -0.384. The number of Topliss-reactive ketones (excluding diaryl/α,β-unsaturated/α-hetero) is 1. The first kappa shape index (κ1) is 24.6. The van der Waals surface area contributed by atoms with E-state index in [2.05, 4.69) is 0 Å². The monoisotopic (exact) mass is 505 g/mol. The molecule has 1 heterocycles. The number of benzene rings is 3. The van der Waals surface area contributed by atoms with Crippen molar-refractivity contribution in [1.29, 1.82) is 0 Å². The fourth-order valence-corrected chi connectivity index (χ4v) is 4.68. The van der Waals surface area contributed by atoms with Gasteiger partial charge >= 0.3 is 5.97 Å². The summed E-state index contributed by atoms with van der Waals surface area (Å²) in [5.74, 6) is -2.13. The molecule has 1 atom stereocenters. The number of thioether (sulfide) groups is 1. The van der Waals surface area contributed by atoms with Gasteiger partial charge in [-0.3, -0.25) is 24.5 Å². The highest BCUT2D eigenvalue weighted by atomic mass is 32.2. The minimum absolute atomic E-state index is 0.0296. The quantitative estimate of drug-likeness (QED) is 0.121. The van der Waals surface area contributed by atoms with E-state index in [-0.39, 0.29) is 35.0 Å². The van der Waals surface area contributed by atoms with E-state index in [1.165, 1.54) is 54.2 Å². The van der Waals surface area contributed by atoms with Crippen molar-refractivity contribution in [3.05, 3.63) is 94.0 Å². The summed E-state index contributed by atoms with van der Waals surface area (Å²) in [7, 11) is 0. The number of hydrogen-bond acceptors (Lipinski definition) is 9. The summed E-state index contributed by atoms with van der Waals surface area (Å²) in [5.41, 5.74) is 6.55. The van der Waals surface area contributed by atoms with Crippen molar-refractivity contribution < 1.29 is 28.8 Å². The van der Waals surface area contributed by atoms with Gasteiger partial charge in [0.1, 0.15) is 0 Å². The van der Waals surface area contributed by atoms with Crippen LogP contribution in [-0.4, -0.2) is 40.3 Å². The molecule has 10 nitrogen and oxygen atoms in total. The molecule has 182 valence electrons. The standard InChI is InChI=1S/C25H19N3O7S/c26-17-4-2-6-20(12-17)36-22-13-23(30)27(24(22)31)18-9-7-15(8-10-18)25(32)35-14-21(29)16-3-1-5-19(11-16)28(33)34/h1-12,22H,13-14,26H2. The fraction of sp³-hybridized carbons (Fsp3) is 0.120. The molecule has 0 bridgehead atoms. The van der Waals surface area contributed by atoms with Crippen molar-refractivity contribution in [1.82, 2.24) is 0 Å². The Morgan fingerprint density at radius 3 is 2.44 bits per heavy atom. The van der Waals surface area contributed by atoms with Gasteiger partial charge in [0.15, 0.2) is 6.61 Å². The average Bonchev–Trinajstić information content (AvgIpc) is 3.14. The number of imide groups is 1. The summed E-state index contributed by atoms with van der Waals surface area (Å²) in [6.45, 7) is -0.603. The predicted octanol–water partition coefficient (Wildman–Crippen LogP) is 3.64. The number of carbonyl (C=O) groups is 4. The molecule has 0 radical (unpaired) electrons. The molecular weight excluding hydrogens is 486 g/mol. The number of nitrogens with zero attached hydrogens (tertiary/aromatic N) is 2. The van der Waals surface area contributed by atoms with Gasteiger partial charge in [-0.15, -0.1) is 11.8 Å². The Balaban J connectivity index is 1.38. The van der Waals surface area contributed by atoms with E-state index < -0.39 is 28.5 Å². The Bertz CT molecular complexity index is 1370. The summed E-state index contributed by atoms with van der Waals surface area (Å²) >= 11 is 1.26. The van der Waals surface area contributed by atoms with Crippen LogP contribution in [-0.2, 0) is 14.3 Å². The Morgan fingerprint density at radius 1 is 1.03 bits per heavy atom. The van der Waals surface area contributed by atoms with Crippen LogP contribution in [0, 0.1) is 10.1 Å². The highest BCUT2D eigenvalue weighted by Gasteiger charge is 2.40. The summed E-state index contributed by atoms with van der Waals surface area (Å²) in [5, 5.41) is 10.3. The third-order valence-corrected chi connectivity index (χ3v) is 6.50. The average molecular weight is 506 g/mol. The number of ether oxygens (including phenoxy) is 1. The highest BCUT2D eigenvalue weighted by Crippen LogP contribution is 2.34. The molecule has 0 aliphatic carbocycles. The molecule has 1 fully saturated rings. The van der Waals surface area contributed by atoms with Gasteiger partial charge in [0.25, 0.3) is 5.69 Å². The minimum atomic E-state index is -0.797. The molecule has 2 amide bonds. The molecule has 2 N–H and O–H groups in total. The summed E-state index contributed by atoms with van der Waals surface area (Å²) in [4.78, 5) is 62.1. The third-order valence-electron chi connectivity index (χ3n) is 5.32. The van der Waals surface area contributed by atoms with Crippen LogP contribution < -0.4 is 10.6 Å². The Labute approximate surface area is 209 Å². The van der Waals surface area contributed by atoms with Crippen LogP contribution in [0.15, 0.2) is 77.7 Å². The SMILES string of the molecule is Nc1cccc(SC2CC(=O)N(c3ccc(C(=O)OCC(=O)c4cccc([N+](=O)[O-])c4)cc3)C2=O)c1. The number of nitro groups is 1. The number of nitrogens with two attached hydrogens (primary N) is 1. The van der Waals surface area contributed by atoms with Crippen molar-refractivity contribution in [2.24, 2.45) is 0 Å². The Morgan fingerprint density at radius 2 is 1.75 bits per heavy atom. The largest absolute Gasteiger partial charge is 0.454 e. The second kappa shape index (κ2) is 10.4. The number of nitrogen functional groups attached to an aromatic ring is 1. The molecule has 1 aliphatic rings. The van der Waals surface area contributed by atoms with Gasteiger partial charge in [0.05, 0.1) is 21.4 Å². The summed E-state index contributed by atoms with van der Waals surface area (Å²) in [6, 6.07) is 17.8.